The molecule has 1 aliphatic heterocycles. The molecular formula is C28H33ClFN7O3. The van der Waals surface area contributed by atoms with Gasteiger partial charge in [-0.05, 0) is 50.2 Å². The van der Waals surface area contributed by atoms with Crippen LogP contribution < -0.4 is 10.7 Å². The van der Waals surface area contributed by atoms with Crippen molar-refractivity contribution in [2.24, 2.45) is 11.8 Å². The average molecular weight is 570 g/mol. The summed E-state index contributed by atoms with van der Waals surface area (Å²) in [6, 6.07) is 3.25. The zero-order chi connectivity index (χ0) is 27.8. The number of aromatic nitrogens is 6. The Bertz CT molecular complexity index is 1540. The summed E-state index contributed by atoms with van der Waals surface area (Å²) in [7, 11) is 0. The molecule has 212 valence electrons. The highest BCUT2D eigenvalue weighted by Crippen LogP contribution is 2.38. The molecule has 0 bridgehead atoms. The number of hydrogen-bond donors (Lipinski definition) is 1. The van der Waals surface area contributed by atoms with E-state index < -0.39 is 12.4 Å². The molecule has 1 saturated carbocycles. The maximum absolute atomic E-state index is 14.4. The molecule has 0 unspecified atom stereocenters. The number of halogens is 2. The van der Waals surface area contributed by atoms with Crippen LogP contribution in [0.4, 0.5) is 10.3 Å². The highest BCUT2D eigenvalue weighted by Gasteiger charge is 2.37. The molecule has 0 amide bonds. The monoisotopic (exact) mass is 569 g/mol. The normalized spacial score (nSPS) is 23.4. The molecule has 4 aromatic rings. The predicted molar refractivity (Wildman–Crippen MR) is 150 cm³/mol. The van der Waals surface area contributed by atoms with Gasteiger partial charge in [0.1, 0.15) is 12.4 Å². The fourth-order valence-electron chi connectivity index (χ4n) is 6.13. The van der Waals surface area contributed by atoms with Gasteiger partial charge in [-0.1, -0.05) is 36.5 Å². The molecule has 0 aromatic carbocycles. The molecule has 2 fully saturated rings. The third-order valence-electron chi connectivity index (χ3n) is 8.16. The SMILES string of the molecule is CCO[C@@H]1C[C@@H](CF)N(c2nc3cc(-c4noc(=O)[nH]4)nc(-c4cncc(Cl)c4)c3n2C[C@H]2CC[C@H](C)CC2)C1. The first-order chi connectivity index (χ1) is 19.4. The van der Waals surface area contributed by atoms with Gasteiger partial charge in [0, 0.05) is 37.7 Å². The highest BCUT2D eigenvalue weighted by molar-refractivity contribution is 6.30. The van der Waals surface area contributed by atoms with Gasteiger partial charge in [-0.25, -0.2) is 19.2 Å². The fourth-order valence-corrected chi connectivity index (χ4v) is 6.31. The number of alkyl halides is 1. The van der Waals surface area contributed by atoms with Gasteiger partial charge < -0.3 is 14.2 Å². The third-order valence-corrected chi connectivity index (χ3v) is 8.36. The molecule has 1 saturated heterocycles. The third kappa shape index (κ3) is 5.24. The molecular weight excluding hydrogens is 537 g/mol. The van der Waals surface area contributed by atoms with Crippen LogP contribution in [0.3, 0.4) is 0 Å². The van der Waals surface area contributed by atoms with Crippen LogP contribution in [0.25, 0.3) is 33.8 Å². The van der Waals surface area contributed by atoms with Gasteiger partial charge in [-0.3, -0.25) is 14.5 Å². The second-order valence-corrected chi connectivity index (χ2v) is 11.4. The average Bonchev–Trinajstić information content (AvgIpc) is 3.66. The van der Waals surface area contributed by atoms with E-state index in [4.69, 9.17) is 30.8 Å². The molecule has 12 heteroatoms. The van der Waals surface area contributed by atoms with Crippen molar-refractivity contribution in [3.05, 3.63) is 40.1 Å². The molecule has 4 aromatic heterocycles. The molecule has 2 aliphatic rings. The summed E-state index contributed by atoms with van der Waals surface area (Å²) in [5.41, 5.74) is 3.16. The molecule has 10 nitrogen and oxygen atoms in total. The quantitative estimate of drug-likeness (QED) is 0.305. The number of fused-ring (bicyclic) bond motifs is 1. The summed E-state index contributed by atoms with van der Waals surface area (Å²) in [6.07, 6.45) is 8.40. The van der Waals surface area contributed by atoms with Crippen molar-refractivity contribution in [1.29, 1.82) is 0 Å². The summed E-state index contributed by atoms with van der Waals surface area (Å²) < 4.78 is 27.3. The maximum atomic E-state index is 14.4. The van der Waals surface area contributed by atoms with E-state index in [1.165, 1.54) is 12.8 Å². The molecule has 40 heavy (non-hydrogen) atoms. The summed E-state index contributed by atoms with van der Waals surface area (Å²) in [6.45, 7) is 5.63. The second kappa shape index (κ2) is 11.3. The number of ether oxygens (including phenoxy) is 1. The number of H-pyrrole nitrogens is 1. The van der Waals surface area contributed by atoms with Crippen molar-refractivity contribution in [2.45, 2.75) is 64.6 Å². The van der Waals surface area contributed by atoms with Gasteiger partial charge in [0.15, 0.2) is 0 Å². The van der Waals surface area contributed by atoms with E-state index in [9.17, 15) is 9.18 Å². The Morgan fingerprint density at radius 2 is 2.02 bits per heavy atom. The number of pyridine rings is 2. The maximum Gasteiger partial charge on any atom is 0.439 e. The standard InChI is InChI=1S/C28H33ClFN7O3/c1-3-39-21-9-20(11-30)36(15-21)27-33-22-10-23(26-34-28(38)40-35-26)32-24(18-8-19(29)13-31-12-18)25(22)37(27)14-17-6-4-16(2)5-7-17/h8,10,12-13,16-17,20-21H,3-7,9,11,14-15H2,1-2H3,(H,34,35,38)/t16-,17-,20-,21+/m0/s1. The van der Waals surface area contributed by atoms with Crippen LogP contribution in [0, 0.1) is 11.8 Å². The largest absolute Gasteiger partial charge is 0.439 e. The van der Waals surface area contributed by atoms with Gasteiger partial charge >= 0.3 is 5.76 Å². The van der Waals surface area contributed by atoms with Crippen LogP contribution in [-0.4, -0.2) is 61.6 Å². The van der Waals surface area contributed by atoms with E-state index in [1.54, 1.807) is 24.5 Å². The minimum atomic E-state index is -0.676. The van der Waals surface area contributed by atoms with Crippen LogP contribution in [0.15, 0.2) is 33.8 Å². The number of anilines is 1. The van der Waals surface area contributed by atoms with Crippen molar-refractivity contribution in [2.75, 3.05) is 24.7 Å². The fraction of sp³-hybridized carbons (Fsp3) is 0.536. The minimum Gasteiger partial charge on any atom is -0.377 e. The Hall–Kier alpha value is -3.31. The lowest BCUT2D eigenvalue weighted by molar-refractivity contribution is 0.0757. The Kier molecular flexibility index (Phi) is 7.59. The van der Waals surface area contributed by atoms with Crippen LogP contribution in [-0.2, 0) is 11.3 Å². The first-order valence-electron chi connectivity index (χ1n) is 14.0. The molecule has 2 atom stereocenters. The summed E-state index contributed by atoms with van der Waals surface area (Å²) in [5, 5.41) is 4.32. The molecule has 5 heterocycles. The first kappa shape index (κ1) is 26.9. The van der Waals surface area contributed by atoms with Crippen molar-refractivity contribution in [3.63, 3.8) is 0 Å². The van der Waals surface area contributed by atoms with Crippen LogP contribution in [0.1, 0.15) is 46.0 Å². The molecule has 1 aliphatic carbocycles. The number of hydrogen-bond acceptors (Lipinski definition) is 8. The van der Waals surface area contributed by atoms with Gasteiger partial charge in [-0.15, -0.1) is 0 Å². The number of aromatic amines is 1. The molecule has 0 spiro atoms. The molecule has 1 N–H and O–H groups in total. The van der Waals surface area contributed by atoms with Gasteiger partial charge in [-0.2, -0.15) is 0 Å². The number of nitrogens with zero attached hydrogens (tertiary/aromatic N) is 6. The van der Waals surface area contributed by atoms with E-state index in [0.717, 1.165) is 30.8 Å². The number of nitrogens with one attached hydrogen (secondary N) is 1. The zero-order valence-electron chi connectivity index (χ0n) is 22.6. The van der Waals surface area contributed by atoms with Gasteiger partial charge in [0.25, 0.3) is 0 Å². The first-order valence-corrected chi connectivity index (χ1v) is 14.3. The van der Waals surface area contributed by atoms with Gasteiger partial charge in [0.05, 0.1) is 33.9 Å². The molecule has 0 radical (unpaired) electrons. The minimum absolute atomic E-state index is 0.0694. The Balaban J connectivity index is 1.56. The summed E-state index contributed by atoms with van der Waals surface area (Å²) >= 11 is 6.36. The van der Waals surface area contributed by atoms with Crippen molar-refractivity contribution >= 4 is 28.6 Å². The van der Waals surface area contributed by atoms with E-state index in [2.05, 4.69) is 26.6 Å². The predicted octanol–water partition coefficient (Wildman–Crippen LogP) is 5.27. The Morgan fingerprint density at radius 1 is 1.20 bits per heavy atom. The van der Waals surface area contributed by atoms with Crippen LogP contribution in [0.2, 0.25) is 5.02 Å². The Labute approximate surface area is 235 Å². The second-order valence-electron chi connectivity index (χ2n) is 11.0. The van der Waals surface area contributed by atoms with Crippen LogP contribution in [0.5, 0.6) is 0 Å². The van der Waals surface area contributed by atoms with Gasteiger partial charge in [0.2, 0.25) is 11.8 Å². The lowest BCUT2D eigenvalue weighted by Gasteiger charge is -2.29. The molecule has 6 rings (SSSR count). The van der Waals surface area contributed by atoms with Crippen molar-refractivity contribution < 1.29 is 13.7 Å². The highest BCUT2D eigenvalue weighted by atomic mass is 35.5. The topological polar surface area (TPSA) is 115 Å². The Morgan fingerprint density at radius 3 is 2.73 bits per heavy atom. The van der Waals surface area contributed by atoms with E-state index in [-0.39, 0.29) is 18.0 Å². The summed E-state index contributed by atoms with van der Waals surface area (Å²) in [4.78, 5) is 30.7. The van der Waals surface area contributed by atoms with E-state index in [1.807, 2.05) is 11.8 Å². The zero-order valence-corrected chi connectivity index (χ0v) is 23.4. The van der Waals surface area contributed by atoms with E-state index in [0.29, 0.717) is 58.9 Å². The van der Waals surface area contributed by atoms with Crippen molar-refractivity contribution in [3.8, 4) is 22.8 Å². The lowest BCUT2D eigenvalue weighted by atomic mass is 9.83. The van der Waals surface area contributed by atoms with Crippen LogP contribution >= 0.6 is 11.6 Å². The number of rotatable bonds is 8. The smallest absolute Gasteiger partial charge is 0.377 e. The lowest BCUT2D eigenvalue weighted by Crippen LogP contribution is -2.34. The summed E-state index contributed by atoms with van der Waals surface area (Å²) in [5.74, 6) is 1.39. The van der Waals surface area contributed by atoms with E-state index >= 15 is 0 Å². The number of imidazole rings is 1. The van der Waals surface area contributed by atoms with Crippen molar-refractivity contribution in [1.82, 2.24) is 29.7 Å².